The zero-order chi connectivity index (χ0) is 22.4. The quantitative estimate of drug-likeness (QED) is 0.286. The molecule has 1 aromatic carbocycles. The van der Waals surface area contributed by atoms with Gasteiger partial charge in [-0.15, -0.1) is 0 Å². The van der Waals surface area contributed by atoms with E-state index in [1.165, 1.54) is 6.26 Å². The van der Waals surface area contributed by atoms with Gasteiger partial charge in [0.1, 0.15) is 0 Å². The molecule has 0 saturated heterocycles. The third-order valence-electron chi connectivity index (χ3n) is 4.05. The number of benzene rings is 1. The summed E-state index contributed by atoms with van der Waals surface area (Å²) in [6.07, 6.45) is 1.18. The summed E-state index contributed by atoms with van der Waals surface area (Å²) >= 11 is 0. The molecule has 10 heteroatoms. The summed E-state index contributed by atoms with van der Waals surface area (Å²) in [5, 5.41) is 2.98. The molecule has 0 saturated carbocycles. The van der Waals surface area contributed by atoms with Gasteiger partial charge in [0, 0.05) is 24.2 Å². The molecule has 0 radical (unpaired) electrons. The topological polar surface area (TPSA) is 94.2 Å². The van der Waals surface area contributed by atoms with Crippen LogP contribution < -0.4 is 5.32 Å². The second-order valence-corrected chi connectivity index (χ2v) is 11.5. The van der Waals surface area contributed by atoms with Gasteiger partial charge in [0.05, 0.1) is 46.2 Å². The van der Waals surface area contributed by atoms with Crippen LogP contribution in [0, 0.1) is 13.8 Å². The highest BCUT2D eigenvalue weighted by atomic mass is 33.1. The number of nitrogens with one attached hydrogen (secondary N) is 1. The van der Waals surface area contributed by atoms with Crippen molar-refractivity contribution < 1.29 is 27.4 Å². The lowest BCUT2D eigenvalue weighted by Crippen LogP contribution is -2.33. The van der Waals surface area contributed by atoms with E-state index in [9.17, 15) is 13.2 Å². The number of carbonyl (C=O) groups excluding carboxylic acids is 1. The van der Waals surface area contributed by atoms with Gasteiger partial charge < -0.3 is 19.5 Å². The SMILES string of the molecule is C.Cc1cccc(C)c1NC(=O)CN(C)CCOCCOCCOCCSS(C)(=O)=O. The minimum Gasteiger partial charge on any atom is -0.378 e. The van der Waals surface area contributed by atoms with Crippen molar-refractivity contribution in [1.82, 2.24) is 4.90 Å². The molecule has 0 atom stereocenters. The van der Waals surface area contributed by atoms with Crippen molar-refractivity contribution >= 4 is 31.3 Å². The minimum atomic E-state index is -3.00. The number of para-hydroxylation sites is 1. The summed E-state index contributed by atoms with van der Waals surface area (Å²) in [7, 11) is -0.248. The van der Waals surface area contributed by atoms with E-state index in [4.69, 9.17) is 14.2 Å². The summed E-state index contributed by atoms with van der Waals surface area (Å²) < 4.78 is 38.1. The van der Waals surface area contributed by atoms with Crippen molar-refractivity contribution in [1.29, 1.82) is 0 Å². The van der Waals surface area contributed by atoms with Crippen molar-refractivity contribution in [3.8, 4) is 0 Å². The number of likely N-dealkylation sites (N-methyl/N-ethyl adjacent to an activating group) is 1. The predicted octanol–water partition coefficient (Wildman–Crippen LogP) is 2.55. The van der Waals surface area contributed by atoms with Crippen LogP contribution in [-0.4, -0.2) is 91.0 Å². The van der Waals surface area contributed by atoms with Crippen molar-refractivity contribution in [2.24, 2.45) is 0 Å². The Hall–Kier alpha value is -1.17. The lowest BCUT2D eigenvalue weighted by molar-refractivity contribution is -0.117. The third-order valence-corrected chi connectivity index (χ3v) is 6.59. The fraction of sp³-hybridized carbons (Fsp3) is 0.667. The van der Waals surface area contributed by atoms with Crippen LogP contribution in [0.4, 0.5) is 5.69 Å². The van der Waals surface area contributed by atoms with Crippen LogP contribution in [0.5, 0.6) is 0 Å². The number of ether oxygens (including phenoxy) is 3. The first-order chi connectivity index (χ1) is 14.2. The first-order valence-corrected chi connectivity index (χ1v) is 13.2. The van der Waals surface area contributed by atoms with E-state index in [2.05, 4.69) is 5.32 Å². The summed E-state index contributed by atoms with van der Waals surface area (Å²) in [5.41, 5.74) is 2.97. The molecule has 0 heterocycles. The lowest BCUT2D eigenvalue weighted by atomic mass is 10.1. The van der Waals surface area contributed by atoms with Crippen LogP contribution in [0.15, 0.2) is 18.2 Å². The van der Waals surface area contributed by atoms with Crippen LogP contribution in [0.1, 0.15) is 18.6 Å². The third kappa shape index (κ3) is 15.3. The largest absolute Gasteiger partial charge is 0.378 e. The zero-order valence-corrected chi connectivity index (χ0v) is 19.9. The highest BCUT2D eigenvalue weighted by molar-refractivity contribution is 8.71. The summed E-state index contributed by atoms with van der Waals surface area (Å²) in [5.74, 6) is 0.367. The fourth-order valence-corrected chi connectivity index (χ4v) is 4.12. The summed E-state index contributed by atoms with van der Waals surface area (Å²) in [6.45, 7) is 7.55. The van der Waals surface area contributed by atoms with E-state index in [1.54, 1.807) is 0 Å². The Bertz CT molecular complexity index is 723. The van der Waals surface area contributed by atoms with Crippen molar-refractivity contribution in [2.45, 2.75) is 21.3 Å². The molecular formula is C21H38N2O6S2. The van der Waals surface area contributed by atoms with Crippen molar-refractivity contribution in [3.05, 3.63) is 29.3 Å². The maximum atomic E-state index is 12.2. The number of anilines is 1. The van der Waals surface area contributed by atoms with Gasteiger partial charge >= 0.3 is 0 Å². The molecule has 0 fully saturated rings. The van der Waals surface area contributed by atoms with Gasteiger partial charge in [0.2, 0.25) is 5.91 Å². The van der Waals surface area contributed by atoms with E-state index in [0.29, 0.717) is 58.5 Å². The maximum Gasteiger partial charge on any atom is 0.238 e. The second-order valence-electron chi connectivity index (χ2n) is 6.92. The van der Waals surface area contributed by atoms with Crippen LogP contribution in [0.25, 0.3) is 0 Å². The Labute approximate surface area is 191 Å². The van der Waals surface area contributed by atoms with Gasteiger partial charge in [-0.1, -0.05) is 25.6 Å². The van der Waals surface area contributed by atoms with E-state index in [1.807, 2.05) is 44.0 Å². The molecule has 0 aliphatic heterocycles. The van der Waals surface area contributed by atoms with Gasteiger partial charge in [-0.25, -0.2) is 8.42 Å². The van der Waals surface area contributed by atoms with Crippen LogP contribution in [0.2, 0.25) is 0 Å². The van der Waals surface area contributed by atoms with Gasteiger partial charge in [0.15, 0.2) is 8.87 Å². The number of nitrogens with zero attached hydrogens (tertiary/aromatic N) is 1. The molecule has 31 heavy (non-hydrogen) atoms. The van der Waals surface area contributed by atoms with E-state index >= 15 is 0 Å². The van der Waals surface area contributed by atoms with E-state index in [-0.39, 0.29) is 13.3 Å². The number of rotatable bonds is 16. The first-order valence-electron chi connectivity index (χ1n) is 9.81. The highest BCUT2D eigenvalue weighted by Gasteiger charge is 2.10. The molecule has 0 aromatic heterocycles. The van der Waals surface area contributed by atoms with Crippen molar-refractivity contribution in [3.63, 3.8) is 0 Å². The van der Waals surface area contributed by atoms with Gasteiger partial charge in [-0.2, -0.15) is 0 Å². The Morgan fingerprint density at radius 2 is 1.52 bits per heavy atom. The molecule has 1 N–H and O–H groups in total. The molecule has 1 amide bonds. The van der Waals surface area contributed by atoms with Crippen LogP contribution in [-0.2, 0) is 27.9 Å². The zero-order valence-electron chi connectivity index (χ0n) is 18.3. The Morgan fingerprint density at radius 3 is 2.06 bits per heavy atom. The van der Waals surface area contributed by atoms with Crippen LogP contribution >= 0.6 is 10.8 Å². The Balaban J connectivity index is 0.00000900. The van der Waals surface area contributed by atoms with E-state index in [0.717, 1.165) is 27.6 Å². The molecule has 0 bridgehead atoms. The molecule has 1 aromatic rings. The highest BCUT2D eigenvalue weighted by Crippen LogP contribution is 2.19. The Kier molecular flexibility index (Phi) is 15.8. The number of amides is 1. The van der Waals surface area contributed by atoms with E-state index < -0.39 is 8.87 Å². The van der Waals surface area contributed by atoms with Gasteiger partial charge in [0.25, 0.3) is 0 Å². The average molecular weight is 479 g/mol. The molecule has 0 aliphatic carbocycles. The standard InChI is InChI=1S/C20H34N2O6S2.CH4/c1-17-6-5-7-18(2)20(17)21-19(23)16-22(3)8-9-26-10-11-27-12-13-28-14-15-29-30(4,24)25;/h5-7H,8-16H2,1-4H3,(H,21,23);1H4. The fourth-order valence-electron chi connectivity index (χ4n) is 2.52. The summed E-state index contributed by atoms with van der Waals surface area (Å²) in [4.78, 5) is 14.1. The average Bonchev–Trinajstić information content (AvgIpc) is 2.65. The Morgan fingerprint density at radius 1 is 1.00 bits per heavy atom. The number of hydrogen-bond donors (Lipinski definition) is 1. The van der Waals surface area contributed by atoms with Crippen molar-refractivity contribution in [2.75, 3.05) is 77.1 Å². The maximum absolute atomic E-state index is 12.2. The molecule has 0 unspecified atom stereocenters. The monoisotopic (exact) mass is 478 g/mol. The predicted molar refractivity (Wildman–Crippen MR) is 129 cm³/mol. The molecule has 0 aliphatic rings. The number of hydrogen-bond acceptors (Lipinski definition) is 8. The normalized spacial score (nSPS) is 11.4. The molecular weight excluding hydrogens is 440 g/mol. The molecule has 1 rings (SSSR count). The van der Waals surface area contributed by atoms with Gasteiger partial charge in [-0.05, 0) is 42.8 Å². The smallest absolute Gasteiger partial charge is 0.238 e. The van der Waals surface area contributed by atoms with Crippen LogP contribution in [0.3, 0.4) is 0 Å². The summed E-state index contributed by atoms with van der Waals surface area (Å²) in [6, 6.07) is 5.93. The molecule has 0 spiro atoms. The van der Waals surface area contributed by atoms with Gasteiger partial charge in [-0.3, -0.25) is 9.69 Å². The number of carbonyl (C=O) groups is 1. The number of aryl methyl sites for hydroxylation is 2. The lowest BCUT2D eigenvalue weighted by Gasteiger charge is -2.17. The second kappa shape index (κ2) is 16.5. The molecule has 180 valence electrons. The molecule has 8 nitrogen and oxygen atoms in total. The minimum absolute atomic E-state index is 0. The first kappa shape index (κ1) is 29.8.